The molecule has 1 aliphatic rings. The van der Waals surface area contributed by atoms with E-state index in [0.29, 0.717) is 12.0 Å². The molecule has 0 aromatic carbocycles. The second kappa shape index (κ2) is 5.24. The van der Waals surface area contributed by atoms with Crippen LogP contribution in [0.5, 0.6) is 0 Å². The lowest BCUT2D eigenvalue weighted by atomic mass is 10.1. The Bertz CT molecular complexity index is 389. The summed E-state index contributed by atoms with van der Waals surface area (Å²) in [5.74, 6) is 0.663. The van der Waals surface area contributed by atoms with Gasteiger partial charge in [-0.2, -0.15) is 0 Å². The minimum absolute atomic E-state index is 0.494. The summed E-state index contributed by atoms with van der Waals surface area (Å²) >= 11 is 0. The first-order valence-electron chi connectivity index (χ1n) is 6.54. The Morgan fingerprint density at radius 3 is 2.56 bits per heavy atom. The number of nitrogens with zero attached hydrogens (tertiary/aromatic N) is 3. The molecule has 4 nitrogen and oxygen atoms in total. The van der Waals surface area contributed by atoms with Gasteiger partial charge in [-0.1, -0.05) is 6.92 Å². The maximum absolute atomic E-state index is 9.45. The van der Waals surface area contributed by atoms with Crippen molar-refractivity contribution in [2.75, 3.05) is 32.1 Å². The summed E-state index contributed by atoms with van der Waals surface area (Å²) in [6.45, 7) is 6.15. The molecule has 3 atom stereocenters. The molecule has 2 unspecified atom stereocenters. The van der Waals surface area contributed by atoms with Gasteiger partial charge < -0.3 is 14.9 Å². The summed E-state index contributed by atoms with van der Waals surface area (Å²) in [5.41, 5.74) is 1.88. The number of rotatable bonds is 3. The number of hydrogen-bond donors (Lipinski definition) is 1. The van der Waals surface area contributed by atoms with Gasteiger partial charge in [0, 0.05) is 19.1 Å². The molecule has 1 N–H and O–H groups in total. The minimum Gasteiger partial charge on any atom is -0.387 e. The molecule has 0 radical (unpaired) electrons. The van der Waals surface area contributed by atoms with E-state index in [2.05, 4.69) is 41.9 Å². The van der Waals surface area contributed by atoms with Crippen molar-refractivity contribution in [2.45, 2.75) is 26.0 Å². The van der Waals surface area contributed by atoms with Crippen LogP contribution in [0.25, 0.3) is 0 Å². The Balaban J connectivity index is 2.09. The molecule has 0 spiro atoms. The molecule has 1 saturated heterocycles. The van der Waals surface area contributed by atoms with Gasteiger partial charge >= 0.3 is 0 Å². The van der Waals surface area contributed by atoms with E-state index in [1.54, 1.807) is 6.92 Å². The highest BCUT2D eigenvalue weighted by molar-refractivity contribution is 5.46. The lowest BCUT2D eigenvalue weighted by Crippen LogP contribution is -2.34. The fourth-order valence-corrected chi connectivity index (χ4v) is 2.66. The van der Waals surface area contributed by atoms with Crippen molar-refractivity contribution >= 4 is 5.69 Å². The van der Waals surface area contributed by atoms with Gasteiger partial charge in [0.15, 0.2) is 0 Å². The minimum atomic E-state index is -0.494. The van der Waals surface area contributed by atoms with Crippen molar-refractivity contribution in [3.05, 3.63) is 24.0 Å². The quantitative estimate of drug-likeness (QED) is 0.881. The Kier molecular flexibility index (Phi) is 3.88. The second-order valence-electron chi connectivity index (χ2n) is 5.53. The van der Waals surface area contributed by atoms with E-state index < -0.39 is 6.10 Å². The molecule has 1 aromatic rings. The highest BCUT2D eigenvalue weighted by atomic mass is 16.3. The average Bonchev–Trinajstić information content (AvgIpc) is 2.71. The first kappa shape index (κ1) is 13.3. The zero-order valence-electron chi connectivity index (χ0n) is 11.7. The molecular weight excluding hydrogens is 226 g/mol. The number of likely N-dealkylation sites (N-methyl/N-ethyl adjacent to an activating group) is 1. The molecular formula is C14H23N3O. The van der Waals surface area contributed by atoms with Crippen LogP contribution in [-0.4, -0.2) is 48.2 Å². The van der Waals surface area contributed by atoms with Gasteiger partial charge in [-0.15, -0.1) is 0 Å². The molecule has 0 saturated carbocycles. The largest absolute Gasteiger partial charge is 0.387 e. The lowest BCUT2D eigenvalue weighted by molar-refractivity contribution is 0.194. The fourth-order valence-electron chi connectivity index (χ4n) is 2.66. The van der Waals surface area contributed by atoms with Gasteiger partial charge in [0.05, 0.1) is 23.7 Å². The molecule has 1 aromatic heterocycles. The van der Waals surface area contributed by atoms with E-state index in [-0.39, 0.29) is 0 Å². The van der Waals surface area contributed by atoms with Crippen LogP contribution in [0, 0.1) is 5.92 Å². The van der Waals surface area contributed by atoms with Crippen LogP contribution in [0.3, 0.4) is 0 Å². The van der Waals surface area contributed by atoms with Gasteiger partial charge in [-0.25, -0.2) is 0 Å². The zero-order valence-corrected chi connectivity index (χ0v) is 11.7. The van der Waals surface area contributed by atoms with Crippen LogP contribution >= 0.6 is 0 Å². The van der Waals surface area contributed by atoms with Crippen LogP contribution in [0.4, 0.5) is 5.69 Å². The molecule has 100 valence electrons. The SMILES string of the molecule is CC1CN(c2ccc([C@@H](C)O)nc2)CC1N(C)C. The third kappa shape index (κ3) is 2.65. The highest BCUT2D eigenvalue weighted by Crippen LogP contribution is 2.26. The Morgan fingerprint density at radius 1 is 1.39 bits per heavy atom. The maximum Gasteiger partial charge on any atom is 0.0931 e. The van der Waals surface area contributed by atoms with Crippen molar-refractivity contribution < 1.29 is 5.11 Å². The van der Waals surface area contributed by atoms with Crippen molar-refractivity contribution in [1.82, 2.24) is 9.88 Å². The molecule has 1 aliphatic heterocycles. The van der Waals surface area contributed by atoms with Crippen LogP contribution in [0.15, 0.2) is 18.3 Å². The predicted octanol–water partition coefficient (Wildman–Crippen LogP) is 1.52. The molecule has 18 heavy (non-hydrogen) atoms. The topological polar surface area (TPSA) is 39.6 Å². The lowest BCUT2D eigenvalue weighted by Gasteiger charge is -2.23. The van der Waals surface area contributed by atoms with E-state index in [0.717, 1.165) is 24.5 Å². The number of hydrogen-bond acceptors (Lipinski definition) is 4. The van der Waals surface area contributed by atoms with Crippen LogP contribution < -0.4 is 4.90 Å². The molecule has 0 bridgehead atoms. The Hall–Kier alpha value is -1.13. The molecule has 0 amide bonds. The number of pyridine rings is 1. The third-order valence-corrected chi connectivity index (χ3v) is 3.80. The Labute approximate surface area is 109 Å². The maximum atomic E-state index is 9.45. The summed E-state index contributed by atoms with van der Waals surface area (Å²) in [6.07, 6.45) is 1.37. The number of aromatic nitrogens is 1. The van der Waals surface area contributed by atoms with Gasteiger partial charge in [0.25, 0.3) is 0 Å². The summed E-state index contributed by atoms with van der Waals surface area (Å²) in [7, 11) is 4.28. The standard InChI is InChI=1S/C14H23N3O/c1-10-8-17(9-14(10)16(3)4)12-5-6-13(11(2)18)15-7-12/h5-7,10-11,14,18H,8-9H2,1-4H3/t10?,11-,14?/m1/s1. The number of aliphatic hydroxyl groups is 1. The van der Waals surface area contributed by atoms with Crippen LogP contribution in [0.1, 0.15) is 25.6 Å². The summed E-state index contributed by atoms with van der Waals surface area (Å²) in [5, 5.41) is 9.45. The van der Waals surface area contributed by atoms with E-state index in [4.69, 9.17) is 0 Å². The summed E-state index contributed by atoms with van der Waals surface area (Å²) in [4.78, 5) is 8.98. The fraction of sp³-hybridized carbons (Fsp3) is 0.643. The monoisotopic (exact) mass is 249 g/mol. The van der Waals surface area contributed by atoms with E-state index in [1.165, 1.54) is 0 Å². The molecule has 0 aliphatic carbocycles. The normalized spacial score (nSPS) is 25.8. The van der Waals surface area contributed by atoms with E-state index in [9.17, 15) is 5.11 Å². The molecule has 1 fully saturated rings. The first-order valence-corrected chi connectivity index (χ1v) is 6.54. The summed E-state index contributed by atoms with van der Waals surface area (Å²) in [6, 6.07) is 4.56. The molecule has 2 heterocycles. The number of anilines is 1. The van der Waals surface area contributed by atoms with Gasteiger partial charge in [-0.3, -0.25) is 4.98 Å². The smallest absolute Gasteiger partial charge is 0.0931 e. The molecule has 4 heteroatoms. The van der Waals surface area contributed by atoms with Crippen molar-refractivity contribution in [2.24, 2.45) is 5.92 Å². The van der Waals surface area contributed by atoms with Gasteiger partial charge in [0.2, 0.25) is 0 Å². The molecule has 2 rings (SSSR count). The number of aliphatic hydroxyl groups excluding tert-OH is 1. The average molecular weight is 249 g/mol. The van der Waals surface area contributed by atoms with Crippen LogP contribution in [-0.2, 0) is 0 Å². The zero-order chi connectivity index (χ0) is 13.3. The van der Waals surface area contributed by atoms with Crippen molar-refractivity contribution in [3.63, 3.8) is 0 Å². The van der Waals surface area contributed by atoms with E-state index in [1.807, 2.05) is 12.3 Å². The van der Waals surface area contributed by atoms with Crippen molar-refractivity contribution in [3.8, 4) is 0 Å². The van der Waals surface area contributed by atoms with Crippen molar-refractivity contribution in [1.29, 1.82) is 0 Å². The first-order chi connectivity index (χ1) is 8.49. The van der Waals surface area contributed by atoms with Gasteiger partial charge in [0.1, 0.15) is 0 Å². The van der Waals surface area contributed by atoms with E-state index >= 15 is 0 Å². The third-order valence-electron chi connectivity index (χ3n) is 3.80. The Morgan fingerprint density at radius 2 is 2.11 bits per heavy atom. The second-order valence-corrected chi connectivity index (χ2v) is 5.53. The van der Waals surface area contributed by atoms with Gasteiger partial charge in [-0.05, 0) is 39.1 Å². The van der Waals surface area contributed by atoms with Crippen LogP contribution in [0.2, 0.25) is 0 Å². The highest BCUT2D eigenvalue weighted by Gasteiger charge is 2.31. The summed E-state index contributed by atoms with van der Waals surface area (Å²) < 4.78 is 0. The predicted molar refractivity (Wildman–Crippen MR) is 73.7 cm³/mol.